The summed E-state index contributed by atoms with van der Waals surface area (Å²) in [7, 11) is -2.35. The zero-order valence-electron chi connectivity index (χ0n) is 13.3. The minimum Gasteiger partial charge on any atom is -0.469 e. The molecule has 0 aliphatic heterocycles. The van der Waals surface area contributed by atoms with E-state index >= 15 is 0 Å². The fourth-order valence-electron chi connectivity index (χ4n) is 2.84. The van der Waals surface area contributed by atoms with Gasteiger partial charge in [0.1, 0.15) is 10.7 Å². The highest BCUT2D eigenvalue weighted by atomic mass is 32.2. The van der Waals surface area contributed by atoms with Crippen molar-refractivity contribution in [3.63, 3.8) is 0 Å². The Morgan fingerprint density at radius 1 is 1.46 bits per heavy atom. The quantitative estimate of drug-likeness (QED) is 0.883. The Morgan fingerprint density at radius 3 is 3.04 bits per heavy atom. The van der Waals surface area contributed by atoms with Crippen LogP contribution in [-0.2, 0) is 21.2 Å². The van der Waals surface area contributed by atoms with Crippen LogP contribution < -0.4 is 5.32 Å². The van der Waals surface area contributed by atoms with E-state index in [1.54, 1.807) is 12.3 Å². The molecule has 0 radical (unpaired) electrons. The topological polar surface area (TPSA) is 92.5 Å². The second-order valence-corrected chi connectivity index (χ2v) is 7.81. The molecule has 1 aliphatic carbocycles. The summed E-state index contributed by atoms with van der Waals surface area (Å²) in [4.78, 5) is 16.1. The van der Waals surface area contributed by atoms with Crippen LogP contribution in [0, 0.1) is 0 Å². The highest BCUT2D eigenvalue weighted by molar-refractivity contribution is 7.89. The van der Waals surface area contributed by atoms with Gasteiger partial charge >= 0.3 is 0 Å². The molecule has 0 bridgehead atoms. The van der Waals surface area contributed by atoms with Crippen molar-refractivity contribution in [3.8, 4) is 0 Å². The Bertz CT molecular complexity index is 817. The number of fused-ring (bicyclic) bond motifs is 1. The van der Waals surface area contributed by atoms with E-state index < -0.39 is 10.0 Å². The van der Waals surface area contributed by atoms with Crippen LogP contribution in [0.4, 0.5) is 0 Å². The number of furan rings is 1. The summed E-state index contributed by atoms with van der Waals surface area (Å²) >= 11 is 0. The molecular formula is C16H19N3O4S. The average molecular weight is 349 g/mol. The minimum absolute atomic E-state index is 0.0649. The van der Waals surface area contributed by atoms with Gasteiger partial charge in [-0.05, 0) is 31.0 Å². The summed E-state index contributed by atoms with van der Waals surface area (Å²) in [5.74, 6) is 0.548. The van der Waals surface area contributed by atoms with Crippen LogP contribution >= 0.6 is 0 Å². The third-order valence-electron chi connectivity index (χ3n) is 4.10. The number of hydrogen-bond acceptors (Lipinski definition) is 5. The van der Waals surface area contributed by atoms with Gasteiger partial charge in [-0.15, -0.1) is 0 Å². The van der Waals surface area contributed by atoms with E-state index in [1.165, 1.54) is 25.5 Å². The van der Waals surface area contributed by atoms with Crippen molar-refractivity contribution >= 4 is 15.9 Å². The van der Waals surface area contributed by atoms with Crippen LogP contribution in [0.25, 0.3) is 0 Å². The molecule has 0 saturated heterocycles. The predicted molar refractivity (Wildman–Crippen MR) is 86.6 cm³/mol. The Hall–Kier alpha value is -2.19. The lowest BCUT2D eigenvalue weighted by atomic mass is 9.93. The first-order valence-electron chi connectivity index (χ1n) is 7.70. The largest absolute Gasteiger partial charge is 0.469 e. The van der Waals surface area contributed by atoms with Gasteiger partial charge in [-0.25, -0.2) is 8.42 Å². The smallest absolute Gasteiger partial charge is 0.244 e. The van der Waals surface area contributed by atoms with Crippen LogP contribution in [0.5, 0.6) is 0 Å². The molecule has 1 amide bonds. The van der Waals surface area contributed by atoms with Crippen molar-refractivity contribution in [3.05, 3.63) is 48.2 Å². The number of nitrogens with zero attached hydrogens (tertiary/aromatic N) is 2. The van der Waals surface area contributed by atoms with Crippen molar-refractivity contribution < 1.29 is 17.6 Å². The van der Waals surface area contributed by atoms with Crippen LogP contribution in [0.3, 0.4) is 0 Å². The molecular weight excluding hydrogens is 330 g/mol. The third kappa shape index (κ3) is 3.34. The van der Waals surface area contributed by atoms with Gasteiger partial charge in [0, 0.05) is 31.4 Å². The van der Waals surface area contributed by atoms with Crippen LogP contribution in [0.1, 0.15) is 30.2 Å². The zero-order valence-corrected chi connectivity index (χ0v) is 14.1. The molecule has 1 unspecified atom stereocenters. The Balaban J connectivity index is 1.66. The van der Waals surface area contributed by atoms with Gasteiger partial charge in [-0.2, -0.15) is 4.31 Å². The maximum atomic E-state index is 12.4. The second kappa shape index (κ2) is 6.74. The SMILES string of the molecule is CN(CC(=O)NC1CCCc2occc21)S(=O)(=O)c1cccnc1. The summed E-state index contributed by atoms with van der Waals surface area (Å²) < 4.78 is 31.2. The number of aryl methyl sites for hydroxylation is 1. The number of carbonyl (C=O) groups excluding carboxylic acids is 1. The van der Waals surface area contributed by atoms with Crippen molar-refractivity contribution in [2.45, 2.75) is 30.2 Å². The second-order valence-electron chi connectivity index (χ2n) is 5.76. The van der Waals surface area contributed by atoms with Gasteiger partial charge in [-0.1, -0.05) is 0 Å². The standard InChI is InChI=1S/C16H19N3O4S/c1-19(24(21,22)12-4-3-8-17-10-12)11-16(20)18-14-5-2-6-15-13(14)7-9-23-15/h3-4,7-10,14H,2,5-6,11H2,1H3,(H,18,20). The fourth-order valence-corrected chi connectivity index (χ4v) is 3.93. The molecule has 0 aromatic carbocycles. The summed E-state index contributed by atoms with van der Waals surface area (Å²) in [6, 6.07) is 4.73. The highest BCUT2D eigenvalue weighted by Crippen LogP contribution is 2.30. The van der Waals surface area contributed by atoms with Gasteiger partial charge < -0.3 is 9.73 Å². The minimum atomic E-state index is -3.73. The maximum absolute atomic E-state index is 12.4. The van der Waals surface area contributed by atoms with Gasteiger partial charge in [0.05, 0.1) is 18.8 Å². The van der Waals surface area contributed by atoms with Crippen LogP contribution in [-0.4, -0.2) is 37.2 Å². The van der Waals surface area contributed by atoms with E-state index in [9.17, 15) is 13.2 Å². The molecule has 0 fully saturated rings. The summed E-state index contributed by atoms with van der Waals surface area (Å²) in [5.41, 5.74) is 0.979. The Labute approximate surface area is 140 Å². The van der Waals surface area contributed by atoms with E-state index in [4.69, 9.17) is 4.42 Å². The van der Waals surface area contributed by atoms with Crippen molar-refractivity contribution in [2.24, 2.45) is 0 Å². The number of likely N-dealkylation sites (N-methyl/N-ethyl adjacent to an activating group) is 1. The number of sulfonamides is 1. The molecule has 0 spiro atoms. The van der Waals surface area contributed by atoms with Gasteiger partial charge in [0.25, 0.3) is 0 Å². The third-order valence-corrected chi connectivity index (χ3v) is 5.88. The van der Waals surface area contributed by atoms with E-state index in [-0.39, 0.29) is 23.4 Å². The Kier molecular flexibility index (Phi) is 4.68. The zero-order chi connectivity index (χ0) is 17.2. The van der Waals surface area contributed by atoms with Crippen molar-refractivity contribution in [1.82, 2.24) is 14.6 Å². The Morgan fingerprint density at radius 2 is 2.29 bits per heavy atom. The number of amides is 1. The summed E-state index contributed by atoms with van der Waals surface area (Å²) in [6.07, 6.45) is 6.99. The van der Waals surface area contributed by atoms with Gasteiger partial charge in [-0.3, -0.25) is 9.78 Å². The summed E-state index contributed by atoms with van der Waals surface area (Å²) in [6.45, 7) is -0.249. The first-order valence-corrected chi connectivity index (χ1v) is 9.14. The van der Waals surface area contributed by atoms with E-state index in [1.807, 2.05) is 6.07 Å². The number of nitrogens with one attached hydrogen (secondary N) is 1. The number of pyridine rings is 1. The monoisotopic (exact) mass is 349 g/mol. The molecule has 0 saturated carbocycles. The molecule has 7 nitrogen and oxygen atoms in total. The number of aromatic nitrogens is 1. The maximum Gasteiger partial charge on any atom is 0.244 e. The lowest BCUT2D eigenvalue weighted by Crippen LogP contribution is -2.40. The van der Waals surface area contributed by atoms with E-state index in [2.05, 4.69) is 10.3 Å². The van der Waals surface area contributed by atoms with Gasteiger partial charge in [0.2, 0.25) is 15.9 Å². The van der Waals surface area contributed by atoms with Crippen molar-refractivity contribution in [2.75, 3.05) is 13.6 Å². The number of carbonyl (C=O) groups is 1. The molecule has 1 N–H and O–H groups in total. The molecule has 2 heterocycles. The molecule has 3 rings (SSSR count). The molecule has 2 aromatic heterocycles. The molecule has 24 heavy (non-hydrogen) atoms. The van der Waals surface area contributed by atoms with Crippen LogP contribution in [0.15, 0.2) is 46.2 Å². The average Bonchev–Trinajstić information content (AvgIpc) is 3.05. The summed E-state index contributed by atoms with van der Waals surface area (Å²) in [5, 5.41) is 2.89. The normalized spacial score (nSPS) is 17.5. The van der Waals surface area contributed by atoms with E-state index in [0.29, 0.717) is 0 Å². The number of rotatable bonds is 5. The molecule has 8 heteroatoms. The van der Waals surface area contributed by atoms with Crippen molar-refractivity contribution in [1.29, 1.82) is 0 Å². The fraction of sp³-hybridized carbons (Fsp3) is 0.375. The molecule has 1 atom stereocenters. The predicted octanol–water partition coefficient (Wildman–Crippen LogP) is 1.49. The van der Waals surface area contributed by atoms with Gasteiger partial charge in [0.15, 0.2) is 0 Å². The van der Waals surface area contributed by atoms with E-state index in [0.717, 1.165) is 34.9 Å². The molecule has 2 aromatic rings. The van der Waals surface area contributed by atoms with Crippen LogP contribution in [0.2, 0.25) is 0 Å². The first-order chi connectivity index (χ1) is 11.5. The highest BCUT2D eigenvalue weighted by Gasteiger charge is 2.27. The molecule has 128 valence electrons. The number of hydrogen-bond donors (Lipinski definition) is 1. The first kappa shape index (κ1) is 16.7. The molecule has 1 aliphatic rings. The lowest BCUT2D eigenvalue weighted by Gasteiger charge is -2.24. The lowest BCUT2D eigenvalue weighted by molar-refractivity contribution is -0.122.